The second kappa shape index (κ2) is 8.23. The molecule has 1 atom stereocenters. The van der Waals surface area contributed by atoms with Crippen molar-refractivity contribution in [2.45, 2.75) is 25.1 Å². The molecule has 2 heterocycles. The molecule has 2 aromatic carbocycles. The molecule has 0 saturated carbocycles. The molecule has 11 heteroatoms. The van der Waals surface area contributed by atoms with Crippen LogP contribution in [0.4, 0.5) is 28.4 Å². The number of halogens is 4. The van der Waals surface area contributed by atoms with Crippen molar-refractivity contribution in [3.05, 3.63) is 58.9 Å². The summed E-state index contributed by atoms with van der Waals surface area (Å²) >= 11 is 1.14. The minimum Gasteiger partial charge on any atom is -0.359 e. The van der Waals surface area contributed by atoms with Crippen LogP contribution in [0.3, 0.4) is 0 Å². The number of rotatable bonds is 6. The van der Waals surface area contributed by atoms with Crippen LogP contribution in [0.5, 0.6) is 0 Å². The van der Waals surface area contributed by atoms with Crippen molar-refractivity contribution < 1.29 is 22.4 Å². The average molecular weight is 451 g/mol. The molecule has 1 aliphatic rings. The Bertz CT molecular complexity index is 1110. The zero-order chi connectivity index (χ0) is 22.2. The number of aromatic nitrogens is 2. The number of alkyl halides is 3. The molecular weight excluding hydrogens is 434 g/mol. The van der Waals surface area contributed by atoms with Crippen molar-refractivity contribution >= 4 is 28.1 Å². The number of hydrogen-bond acceptors (Lipinski definition) is 6. The molecule has 1 aromatic heterocycles. The lowest BCUT2D eigenvalue weighted by Gasteiger charge is -2.13. The van der Waals surface area contributed by atoms with Gasteiger partial charge in [0.15, 0.2) is 5.01 Å². The van der Waals surface area contributed by atoms with Crippen LogP contribution in [0.15, 0.2) is 36.4 Å². The standard InChI is InChI=1S/C20H17F4N5OS/c21-15-8-16-11(7-17(30)27-16)6-14(15)18-28-29-19(31-18)26-9-13(25)5-10-1-3-12(4-2-10)20(22,23)24/h1-4,6,8,13H,5,7,9,25H2,(H,26,29)(H,27,30)/t13-/m1/s1. The van der Waals surface area contributed by atoms with Gasteiger partial charge in [-0.25, -0.2) is 4.39 Å². The van der Waals surface area contributed by atoms with Gasteiger partial charge >= 0.3 is 6.18 Å². The molecule has 162 valence electrons. The Morgan fingerprint density at radius 2 is 1.94 bits per heavy atom. The SMILES string of the molecule is N[C@@H](CNc1nnc(-c2cc3c(cc2F)NC(=O)C3)s1)Cc1ccc(C(F)(F)F)cc1. The van der Waals surface area contributed by atoms with Crippen LogP contribution in [-0.4, -0.2) is 28.7 Å². The normalized spacial score (nSPS) is 14.3. The van der Waals surface area contributed by atoms with E-state index in [4.69, 9.17) is 5.73 Å². The number of nitrogens with two attached hydrogens (primary N) is 1. The van der Waals surface area contributed by atoms with Crippen molar-refractivity contribution in [1.82, 2.24) is 10.2 Å². The van der Waals surface area contributed by atoms with Gasteiger partial charge in [0.1, 0.15) is 5.82 Å². The van der Waals surface area contributed by atoms with E-state index >= 15 is 0 Å². The molecule has 1 amide bonds. The zero-order valence-electron chi connectivity index (χ0n) is 16.0. The van der Waals surface area contributed by atoms with Crippen LogP contribution in [0.1, 0.15) is 16.7 Å². The number of nitrogens with one attached hydrogen (secondary N) is 2. The second-order valence-corrected chi connectivity index (χ2v) is 8.14. The van der Waals surface area contributed by atoms with Gasteiger partial charge in [0.2, 0.25) is 11.0 Å². The summed E-state index contributed by atoms with van der Waals surface area (Å²) in [5.74, 6) is -0.698. The summed E-state index contributed by atoms with van der Waals surface area (Å²) in [4.78, 5) is 11.5. The van der Waals surface area contributed by atoms with Crippen LogP contribution >= 0.6 is 11.3 Å². The van der Waals surface area contributed by atoms with Crippen molar-refractivity contribution in [2.24, 2.45) is 5.73 Å². The van der Waals surface area contributed by atoms with Gasteiger partial charge < -0.3 is 16.4 Å². The van der Waals surface area contributed by atoms with Gasteiger partial charge in [-0.1, -0.05) is 23.5 Å². The van der Waals surface area contributed by atoms with Crippen LogP contribution in [-0.2, 0) is 23.8 Å². The molecular formula is C20H17F4N5OS. The predicted molar refractivity (Wildman–Crippen MR) is 109 cm³/mol. The quantitative estimate of drug-likeness (QED) is 0.496. The number of nitrogens with zero attached hydrogens (tertiary/aromatic N) is 2. The van der Waals surface area contributed by atoms with Gasteiger partial charge in [0.25, 0.3) is 0 Å². The highest BCUT2D eigenvalue weighted by Gasteiger charge is 2.30. The highest BCUT2D eigenvalue weighted by atomic mass is 32.1. The molecule has 31 heavy (non-hydrogen) atoms. The Kier molecular flexibility index (Phi) is 5.63. The molecule has 6 nitrogen and oxygen atoms in total. The summed E-state index contributed by atoms with van der Waals surface area (Å²) in [5, 5.41) is 14.4. The molecule has 0 unspecified atom stereocenters. The minimum absolute atomic E-state index is 0.186. The lowest BCUT2D eigenvalue weighted by atomic mass is 10.0. The fourth-order valence-corrected chi connectivity index (χ4v) is 4.01. The van der Waals surface area contributed by atoms with Gasteiger partial charge in [-0.2, -0.15) is 13.2 Å². The lowest BCUT2D eigenvalue weighted by Crippen LogP contribution is -2.31. The third-order valence-corrected chi connectivity index (χ3v) is 5.68. The number of carbonyl (C=O) groups is 1. The first-order valence-electron chi connectivity index (χ1n) is 9.31. The van der Waals surface area contributed by atoms with E-state index in [1.54, 1.807) is 6.07 Å². The highest BCUT2D eigenvalue weighted by molar-refractivity contribution is 7.18. The molecule has 0 saturated heterocycles. The summed E-state index contributed by atoms with van der Waals surface area (Å²) in [6.07, 6.45) is -3.81. The summed E-state index contributed by atoms with van der Waals surface area (Å²) in [5.41, 5.74) is 7.46. The first kappa shape index (κ1) is 21.2. The molecule has 0 fully saturated rings. The van der Waals surface area contributed by atoms with Crippen LogP contribution in [0.2, 0.25) is 0 Å². The van der Waals surface area contributed by atoms with E-state index in [0.29, 0.717) is 39.9 Å². The number of benzene rings is 2. The first-order valence-corrected chi connectivity index (χ1v) is 10.1. The Hall–Kier alpha value is -3.05. The number of fused-ring (bicyclic) bond motifs is 1. The fourth-order valence-electron chi connectivity index (χ4n) is 3.24. The van der Waals surface area contributed by atoms with Gasteiger partial charge in [0, 0.05) is 23.8 Å². The smallest absolute Gasteiger partial charge is 0.359 e. The molecule has 0 bridgehead atoms. The second-order valence-electron chi connectivity index (χ2n) is 7.17. The molecule has 3 aromatic rings. The fraction of sp³-hybridized carbons (Fsp3) is 0.250. The molecule has 0 aliphatic carbocycles. The summed E-state index contributed by atoms with van der Waals surface area (Å²) < 4.78 is 52.3. The average Bonchev–Trinajstić information content (AvgIpc) is 3.30. The Balaban J connectivity index is 1.36. The van der Waals surface area contributed by atoms with Gasteiger partial charge in [-0.3, -0.25) is 4.79 Å². The zero-order valence-corrected chi connectivity index (χ0v) is 16.8. The summed E-state index contributed by atoms with van der Waals surface area (Å²) in [6, 6.07) is 7.34. The highest BCUT2D eigenvalue weighted by Crippen LogP contribution is 2.34. The van der Waals surface area contributed by atoms with Crippen LogP contribution in [0, 0.1) is 5.82 Å². The lowest BCUT2D eigenvalue weighted by molar-refractivity contribution is -0.137. The Morgan fingerprint density at radius 3 is 2.65 bits per heavy atom. The number of anilines is 2. The van der Waals surface area contributed by atoms with Gasteiger partial charge in [0.05, 0.1) is 12.0 Å². The molecule has 4 N–H and O–H groups in total. The third-order valence-electron chi connectivity index (χ3n) is 4.77. The van der Waals surface area contributed by atoms with E-state index in [1.165, 1.54) is 18.2 Å². The summed E-state index contributed by atoms with van der Waals surface area (Å²) in [6.45, 7) is 0.306. The maximum atomic E-state index is 14.4. The van der Waals surface area contributed by atoms with E-state index in [1.807, 2.05) is 0 Å². The van der Waals surface area contributed by atoms with Gasteiger partial charge in [-0.05, 0) is 41.8 Å². The van der Waals surface area contributed by atoms with E-state index in [9.17, 15) is 22.4 Å². The maximum Gasteiger partial charge on any atom is 0.416 e. The monoisotopic (exact) mass is 451 g/mol. The van der Waals surface area contributed by atoms with Crippen molar-refractivity contribution in [1.29, 1.82) is 0 Å². The molecule has 0 radical (unpaired) electrons. The van der Waals surface area contributed by atoms with E-state index in [2.05, 4.69) is 20.8 Å². The molecule has 1 aliphatic heterocycles. The molecule has 4 rings (SSSR count). The van der Waals surface area contributed by atoms with Crippen LogP contribution in [0.25, 0.3) is 10.6 Å². The summed E-state index contributed by atoms with van der Waals surface area (Å²) in [7, 11) is 0. The number of amides is 1. The Morgan fingerprint density at radius 1 is 1.19 bits per heavy atom. The van der Waals surface area contributed by atoms with E-state index < -0.39 is 17.6 Å². The van der Waals surface area contributed by atoms with E-state index in [-0.39, 0.29) is 23.9 Å². The minimum atomic E-state index is -4.37. The van der Waals surface area contributed by atoms with Gasteiger partial charge in [-0.15, -0.1) is 10.2 Å². The largest absolute Gasteiger partial charge is 0.416 e. The molecule has 0 spiro atoms. The van der Waals surface area contributed by atoms with E-state index in [0.717, 1.165) is 23.5 Å². The topological polar surface area (TPSA) is 92.9 Å². The van der Waals surface area contributed by atoms with Crippen LogP contribution < -0.4 is 16.4 Å². The number of hydrogen-bond donors (Lipinski definition) is 3. The maximum absolute atomic E-state index is 14.4. The van der Waals surface area contributed by atoms with Crippen molar-refractivity contribution in [3.8, 4) is 10.6 Å². The Labute approximate surface area is 178 Å². The third kappa shape index (κ3) is 4.83. The first-order chi connectivity index (χ1) is 14.7. The van der Waals surface area contributed by atoms with Crippen molar-refractivity contribution in [3.63, 3.8) is 0 Å². The number of carbonyl (C=O) groups excluding carboxylic acids is 1. The predicted octanol–water partition coefficient (Wildman–Crippen LogP) is 3.84. The van der Waals surface area contributed by atoms with Crippen molar-refractivity contribution in [2.75, 3.05) is 17.2 Å².